The fraction of sp³-hybridized carbons (Fsp3) is 0.600. The fourth-order valence-electron chi connectivity index (χ4n) is 2.52. The van der Waals surface area contributed by atoms with Crippen molar-refractivity contribution >= 4 is 5.91 Å². The van der Waals surface area contributed by atoms with E-state index in [1.54, 1.807) is 12.3 Å². The Balaban J connectivity index is 1.61. The number of carbonyl (C=O) groups excluding carboxylic acids is 1. The number of H-pyrrole nitrogens is 1. The smallest absolute Gasteiger partial charge is 0.267 e. The number of hydrogen-bond donors (Lipinski definition) is 2. The molecule has 0 bridgehead atoms. The van der Waals surface area contributed by atoms with Gasteiger partial charge in [0.05, 0.1) is 5.56 Å². The molecule has 1 aliphatic heterocycles. The number of piperazine rings is 1. The number of hydrogen-bond acceptors (Lipinski definition) is 4. The number of amides is 1. The summed E-state index contributed by atoms with van der Waals surface area (Å²) in [5, 5.41) is 11.6. The van der Waals surface area contributed by atoms with E-state index in [4.69, 9.17) is 5.26 Å². The minimum Gasteiger partial charge on any atom is -0.356 e. The van der Waals surface area contributed by atoms with Crippen molar-refractivity contribution in [1.82, 2.24) is 20.1 Å². The van der Waals surface area contributed by atoms with Gasteiger partial charge in [-0.05, 0) is 25.6 Å². The lowest BCUT2D eigenvalue weighted by molar-refractivity contribution is 0.0944. The molecule has 1 aromatic rings. The maximum atomic E-state index is 11.8. The number of nitrogens with zero attached hydrogens (tertiary/aromatic N) is 3. The molecule has 0 unspecified atom stereocenters. The molecule has 0 saturated carbocycles. The van der Waals surface area contributed by atoms with Crippen LogP contribution in [-0.4, -0.2) is 66.5 Å². The SMILES string of the molecule is CCN1CCN(CCCNC(=O)c2cc(C#N)c[nH]2)CC1. The minimum absolute atomic E-state index is 0.146. The third-order valence-electron chi connectivity index (χ3n) is 3.91. The van der Waals surface area contributed by atoms with Gasteiger partial charge in [-0.3, -0.25) is 4.79 Å². The van der Waals surface area contributed by atoms with Crippen LogP contribution in [0.5, 0.6) is 0 Å². The molecule has 114 valence electrons. The van der Waals surface area contributed by atoms with Crippen LogP contribution in [0.15, 0.2) is 12.3 Å². The number of carbonyl (C=O) groups is 1. The molecule has 1 saturated heterocycles. The van der Waals surface area contributed by atoms with Crippen LogP contribution in [0.3, 0.4) is 0 Å². The largest absolute Gasteiger partial charge is 0.356 e. The summed E-state index contributed by atoms with van der Waals surface area (Å²) in [4.78, 5) is 19.5. The van der Waals surface area contributed by atoms with Crippen LogP contribution in [0.4, 0.5) is 0 Å². The van der Waals surface area contributed by atoms with Crippen molar-refractivity contribution in [1.29, 1.82) is 5.26 Å². The Labute approximate surface area is 125 Å². The zero-order chi connectivity index (χ0) is 15.1. The van der Waals surface area contributed by atoms with E-state index in [1.807, 2.05) is 6.07 Å². The molecule has 0 aromatic carbocycles. The van der Waals surface area contributed by atoms with Gasteiger partial charge >= 0.3 is 0 Å². The van der Waals surface area contributed by atoms with Gasteiger partial charge in [0.1, 0.15) is 11.8 Å². The van der Waals surface area contributed by atoms with E-state index in [0.29, 0.717) is 17.8 Å². The highest BCUT2D eigenvalue weighted by molar-refractivity contribution is 5.92. The number of likely N-dealkylation sites (N-methyl/N-ethyl adjacent to an activating group) is 1. The van der Waals surface area contributed by atoms with Gasteiger partial charge in [-0.2, -0.15) is 5.26 Å². The van der Waals surface area contributed by atoms with Gasteiger partial charge in [0.25, 0.3) is 5.91 Å². The summed E-state index contributed by atoms with van der Waals surface area (Å²) in [5.74, 6) is -0.146. The van der Waals surface area contributed by atoms with E-state index in [1.165, 1.54) is 0 Å². The summed E-state index contributed by atoms with van der Waals surface area (Å²) >= 11 is 0. The van der Waals surface area contributed by atoms with Crippen molar-refractivity contribution in [3.05, 3.63) is 23.5 Å². The second-order valence-electron chi connectivity index (χ2n) is 5.30. The Hall–Kier alpha value is -1.84. The average molecular weight is 289 g/mol. The molecular weight excluding hydrogens is 266 g/mol. The van der Waals surface area contributed by atoms with Crippen LogP contribution < -0.4 is 5.32 Å². The Morgan fingerprint density at radius 3 is 2.71 bits per heavy atom. The molecule has 6 nitrogen and oxygen atoms in total. The lowest BCUT2D eigenvalue weighted by Gasteiger charge is -2.33. The van der Waals surface area contributed by atoms with Crippen molar-refractivity contribution in [2.75, 3.05) is 45.8 Å². The van der Waals surface area contributed by atoms with E-state index >= 15 is 0 Å². The molecule has 0 radical (unpaired) electrons. The standard InChI is InChI=1S/C15H23N5O/c1-2-19-6-8-20(9-7-19)5-3-4-17-15(21)14-10-13(11-16)12-18-14/h10,12,18H,2-9H2,1H3,(H,17,21). The van der Waals surface area contributed by atoms with Crippen LogP contribution in [0.2, 0.25) is 0 Å². The molecule has 6 heteroatoms. The second kappa shape index (κ2) is 7.81. The van der Waals surface area contributed by atoms with Crippen LogP contribution in [0.1, 0.15) is 29.4 Å². The summed E-state index contributed by atoms with van der Waals surface area (Å²) in [7, 11) is 0. The molecule has 2 rings (SSSR count). The second-order valence-corrected chi connectivity index (χ2v) is 5.30. The highest BCUT2D eigenvalue weighted by atomic mass is 16.1. The van der Waals surface area contributed by atoms with Gasteiger partial charge < -0.3 is 20.1 Å². The average Bonchev–Trinajstić information content (AvgIpc) is 3.01. The number of nitrogens with one attached hydrogen (secondary N) is 2. The molecule has 2 heterocycles. The van der Waals surface area contributed by atoms with E-state index < -0.39 is 0 Å². The first-order valence-electron chi connectivity index (χ1n) is 7.54. The Kier molecular flexibility index (Phi) is 5.78. The maximum Gasteiger partial charge on any atom is 0.267 e. The molecule has 0 atom stereocenters. The van der Waals surface area contributed by atoms with Crippen molar-refractivity contribution in [2.24, 2.45) is 0 Å². The lowest BCUT2D eigenvalue weighted by atomic mass is 10.3. The summed E-state index contributed by atoms with van der Waals surface area (Å²) in [6.45, 7) is 9.52. The Morgan fingerprint density at radius 2 is 2.10 bits per heavy atom. The van der Waals surface area contributed by atoms with Crippen molar-refractivity contribution in [3.63, 3.8) is 0 Å². The van der Waals surface area contributed by atoms with Crippen molar-refractivity contribution < 1.29 is 4.79 Å². The zero-order valence-electron chi connectivity index (χ0n) is 12.6. The Morgan fingerprint density at radius 1 is 1.38 bits per heavy atom. The monoisotopic (exact) mass is 289 g/mol. The normalized spacial score (nSPS) is 16.6. The minimum atomic E-state index is -0.146. The lowest BCUT2D eigenvalue weighted by Crippen LogP contribution is -2.46. The van der Waals surface area contributed by atoms with Crippen LogP contribution >= 0.6 is 0 Å². The first-order chi connectivity index (χ1) is 10.2. The summed E-state index contributed by atoms with van der Waals surface area (Å²) in [6.07, 6.45) is 2.49. The third-order valence-corrected chi connectivity index (χ3v) is 3.91. The third kappa shape index (κ3) is 4.59. The number of aromatic nitrogens is 1. The number of rotatable bonds is 6. The highest BCUT2D eigenvalue weighted by Gasteiger charge is 2.14. The van der Waals surface area contributed by atoms with Crippen LogP contribution in [-0.2, 0) is 0 Å². The van der Waals surface area contributed by atoms with Gasteiger partial charge in [-0.1, -0.05) is 6.92 Å². The molecule has 21 heavy (non-hydrogen) atoms. The van der Waals surface area contributed by atoms with Gasteiger partial charge in [-0.25, -0.2) is 0 Å². The van der Waals surface area contributed by atoms with Crippen LogP contribution in [0, 0.1) is 11.3 Å². The molecule has 2 N–H and O–H groups in total. The molecule has 0 spiro atoms. The molecule has 1 amide bonds. The highest BCUT2D eigenvalue weighted by Crippen LogP contribution is 2.03. The molecule has 0 aliphatic carbocycles. The predicted octanol–water partition coefficient (Wildman–Crippen LogP) is 0.644. The summed E-state index contributed by atoms with van der Waals surface area (Å²) in [5.41, 5.74) is 0.928. The topological polar surface area (TPSA) is 75.2 Å². The Bertz CT molecular complexity index is 496. The number of aromatic amines is 1. The predicted molar refractivity (Wildman–Crippen MR) is 81.0 cm³/mol. The van der Waals surface area contributed by atoms with E-state index in [0.717, 1.165) is 45.7 Å². The van der Waals surface area contributed by atoms with E-state index in [-0.39, 0.29) is 5.91 Å². The zero-order valence-corrected chi connectivity index (χ0v) is 12.6. The van der Waals surface area contributed by atoms with E-state index in [2.05, 4.69) is 27.0 Å². The number of nitriles is 1. The molecule has 1 aromatic heterocycles. The van der Waals surface area contributed by atoms with Gasteiger partial charge in [-0.15, -0.1) is 0 Å². The van der Waals surface area contributed by atoms with Crippen molar-refractivity contribution in [2.45, 2.75) is 13.3 Å². The first-order valence-corrected chi connectivity index (χ1v) is 7.54. The van der Waals surface area contributed by atoms with Gasteiger partial charge in [0, 0.05) is 38.9 Å². The molecule has 1 fully saturated rings. The summed E-state index contributed by atoms with van der Waals surface area (Å²) < 4.78 is 0. The van der Waals surface area contributed by atoms with E-state index in [9.17, 15) is 4.79 Å². The van der Waals surface area contributed by atoms with Crippen molar-refractivity contribution in [3.8, 4) is 6.07 Å². The summed E-state index contributed by atoms with van der Waals surface area (Å²) in [6, 6.07) is 3.57. The maximum absolute atomic E-state index is 11.8. The first kappa shape index (κ1) is 15.5. The van der Waals surface area contributed by atoms with Gasteiger partial charge in [0.2, 0.25) is 0 Å². The quantitative estimate of drug-likeness (QED) is 0.754. The van der Waals surface area contributed by atoms with Gasteiger partial charge in [0.15, 0.2) is 0 Å². The van der Waals surface area contributed by atoms with Crippen LogP contribution in [0.25, 0.3) is 0 Å². The molecule has 1 aliphatic rings. The fourth-order valence-corrected chi connectivity index (χ4v) is 2.52. The molecular formula is C15H23N5O.